The van der Waals surface area contributed by atoms with E-state index in [4.69, 9.17) is 4.74 Å². The minimum Gasteiger partial charge on any atom is -0.497 e. The molecule has 0 saturated carbocycles. The number of nitrogens with zero attached hydrogens (tertiary/aromatic N) is 4. The average Bonchev–Trinajstić information content (AvgIpc) is 3.59. The van der Waals surface area contributed by atoms with Gasteiger partial charge in [0, 0.05) is 24.7 Å². The van der Waals surface area contributed by atoms with Crippen LogP contribution in [0.1, 0.15) is 29.5 Å². The fourth-order valence-corrected chi connectivity index (χ4v) is 4.73. The number of aromatic nitrogens is 2. The highest BCUT2D eigenvalue weighted by Crippen LogP contribution is 2.27. The number of hydrogen-bond donors (Lipinski definition) is 2. The number of aliphatic imine (C=N–C) groups is 1. The summed E-state index contributed by atoms with van der Waals surface area (Å²) in [6.45, 7) is 3.77. The number of benzene rings is 1. The van der Waals surface area contributed by atoms with Gasteiger partial charge < -0.3 is 15.4 Å². The number of hydrogen-bond acceptors (Lipinski definition) is 5. The number of methoxy groups -OCH3 is 1. The number of rotatable bonds is 8. The monoisotopic (exact) mass is 566 g/mol. The van der Waals surface area contributed by atoms with Gasteiger partial charge in [-0.2, -0.15) is 5.10 Å². The van der Waals surface area contributed by atoms with Crippen molar-refractivity contribution in [1.82, 2.24) is 25.3 Å². The Bertz CT molecular complexity index is 967. The van der Waals surface area contributed by atoms with E-state index in [1.807, 2.05) is 52.5 Å². The summed E-state index contributed by atoms with van der Waals surface area (Å²) in [5, 5.41) is 13.7. The maximum absolute atomic E-state index is 5.22. The number of nitrogens with one attached hydrogen (secondary N) is 2. The topological polar surface area (TPSA) is 66.7 Å². The second kappa shape index (κ2) is 12.2. The van der Waals surface area contributed by atoms with Gasteiger partial charge in [-0.15, -0.1) is 35.3 Å². The molecule has 1 atom stereocenters. The van der Waals surface area contributed by atoms with Crippen LogP contribution in [0.4, 0.5) is 0 Å². The zero-order chi connectivity index (χ0) is 21.5. The van der Waals surface area contributed by atoms with Crippen molar-refractivity contribution in [3.8, 4) is 11.4 Å². The quantitative estimate of drug-likeness (QED) is 0.245. The Labute approximate surface area is 210 Å². The van der Waals surface area contributed by atoms with Crippen molar-refractivity contribution in [3.63, 3.8) is 0 Å². The van der Waals surface area contributed by atoms with E-state index in [1.54, 1.807) is 14.2 Å². The zero-order valence-electron chi connectivity index (χ0n) is 18.5. The molecular formula is C23H31IN6OS. The Morgan fingerprint density at radius 3 is 2.59 bits per heavy atom. The van der Waals surface area contributed by atoms with Crippen LogP contribution in [0.3, 0.4) is 0 Å². The minimum atomic E-state index is 0. The molecule has 3 aromatic rings. The van der Waals surface area contributed by atoms with E-state index in [-0.39, 0.29) is 24.0 Å². The van der Waals surface area contributed by atoms with E-state index in [2.05, 4.69) is 43.1 Å². The summed E-state index contributed by atoms with van der Waals surface area (Å²) in [5.41, 5.74) is 1.95. The molecule has 1 saturated heterocycles. The molecule has 172 valence electrons. The van der Waals surface area contributed by atoms with Gasteiger partial charge in [0.25, 0.3) is 0 Å². The molecule has 0 aliphatic carbocycles. The number of likely N-dealkylation sites (tertiary alicyclic amines) is 1. The molecule has 7 nitrogen and oxygen atoms in total. The molecule has 1 aromatic carbocycles. The predicted octanol–water partition coefficient (Wildman–Crippen LogP) is 4.06. The molecule has 1 unspecified atom stereocenters. The summed E-state index contributed by atoms with van der Waals surface area (Å²) in [6, 6.07) is 14.6. The van der Waals surface area contributed by atoms with Gasteiger partial charge in [0.05, 0.1) is 31.1 Å². The van der Waals surface area contributed by atoms with Gasteiger partial charge in [-0.25, -0.2) is 4.68 Å². The van der Waals surface area contributed by atoms with Crippen LogP contribution in [-0.4, -0.2) is 54.4 Å². The van der Waals surface area contributed by atoms with Crippen LogP contribution in [0.15, 0.2) is 59.0 Å². The highest BCUT2D eigenvalue weighted by Gasteiger charge is 2.24. The number of halogens is 1. The summed E-state index contributed by atoms with van der Waals surface area (Å²) < 4.78 is 7.09. The number of guanidine groups is 1. The average molecular weight is 567 g/mol. The Morgan fingerprint density at radius 1 is 1.16 bits per heavy atom. The van der Waals surface area contributed by atoms with Gasteiger partial charge in [0.1, 0.15) is 5.75 Å². The first-order valence-corrected chi connectivity index (χ1v) is 11.6. The van der Waals surface area contributed by atoms with Crippen molar-refractivity contribution in [2.75, 3.05) is 33.8 Å². The summed E-state index contributed by atoms with van der Waals surface area (Å²) in [7, 11) is 3.47. The van der Waals surface area contributed by atoms with Crippen molar-refractivity contribution in [2.24, 2.45) is 4.99 Å². The van der Waals surface area contributed by atoms with Gasteiger partial charge in [-0.1, -0.05) is 6.07 Å². The maximum Gasteiger partial charge on any atom is 0.191 e. The Morgan fingerprint density at radius 2 is 1.94 bits per heavy atom. The summed E-state index contributed by atoms with van der Waals surface area (Å²) in [6.07, 6.45) is 4.53. The van der Waals surface area contributed by atoms with Crippen molar-refractivity contribution in [2.45, 2.75) is 25.4 Å². The molecule has 1 aliphatic rings. The molecule has 0 radical (unpaired) electrons. The SMILES string of the molecule is CN=C(NCc1ccn(-c2ccc(OC)cc2)n1)NCC(c1cccs1)N1CCCC1.I. The highest BCUT2D eigenvalue weighted by atomic mass is 127. The van der Waals surface area contributed by atoms with Crippen molar-refractivity contribution in [1.29, 1.82) is 0 Å². The summed E-state index contributed by atoms with van der Waals surface area (Å²) in [5.74, 6) is 1.63. The lowest BCUT2D eigenvalue weighted by atomic mass is 10.2. The summed E-state index contributed by atoms with van der Waals surface area (Å²) in [4.78, 5) is 8.38. The molecule has 2 N–H and O–H groups in total. The highest BCUT2D eigenvalue weighted by molar-refractivity contribution is 14.0. The molecule has 3 heterocycles. The molecule has 32 heavy (non-hydrogen) atoms. The van der Waals surface area contributed by atoms with Gasteiger partial charge in [-0.3, -0.25) is 9.89 Å². The number of ether oxygens (including phenoxy) is 1. The molecule has 0 bridgehead atoms. The normalized spacial score (nSPS) is 15.2. The minimum absolute atomic E-state index is 0. The molecular weight excluding hydrogens is 535 g/mol. The Balaban J connectivity index is 0.00000289. The maximum atomic E-state index is 5.22. The molecule has 0 amide bonds. The Hall–Kier alpha value is -2.11. The third kappa shape index (κ3) is 6.23. The first-order valence-electron chi connectivity index (χ1n) is 10.7. The van der Waals surface area contributed by atoms with E-state index < -0.39 is 0 Å². The summed E-state index contributed by atoms with van der Waals surface area (Å²) >= 11 is 1.83. The van der Waals surface area contributed by atoms with E-state index in [9.17, 15) is 0 Å². The van der Waals surface area contributed by atoms with Gasteiger partial charge in [-0.05, 0) is 67.7 Å². The van der Waals surface area contributed by atoms with Crippen LogP contribution in [0.5, 0.6) is 5.75 Å². The van der Waals surface area contributed by atoms with Crippen LogP contribution >= 0.6 is 35.3 Å². The standard InChI is InChI=1S/C23H30N6OS.HI/c1-24-23(26-17-21(22-6-5-15-31-22)28-12-3-4-13-28)25-16-18-11-14-29(27-18)19-7-9-20(30-2)10-8-19;/h5-11,14-15,21H,3-4,12-13,16-17H2,1-2H3,(H2,24,25,26);1H. The smallest absolute Gasteiger partial charge is 0.191 e. The molecule has 0 spiro atoms. The van der Waals surface area contributed by atoms with Crippen LogP contribution in [0.25, 0.3) is 5.69 Å². The fraction of sp³-hybridized carbons (Fsp3) is 0.391. The zero-order valence-corrected chi connectivity index (χ0v) is 21.7. The molecule has 2 aromatic heterocycles. The first-order chi connectivity index (χ1) is 15.3. The second-order valence-corrected chi connectivity index (χ2v) is 8.51. The predicted molar refractivity (Wildman–Crippen MR) is 142 cm³/mol. The van der Waals surface area contributed by atoms with E-state index in [0.717, 1.165) is 29.6 Å². The van der Waals surface area contributed by atoms with Crippen LogP contribution in [-0.2, 0) is 6.54 Å². The fourth-order valence-electron chi connectivity index (χ4n) is 3.87. The van der Waals surface area contributed by atoms with Crippen molar-refractivity contribution >= 4 is 41.3 Å². The lowest BCUT2D eigenvalue weighted by Gasteiger charge is -2.27. The molecule has 1 fully saturated rings. The van der Waals surface area contributed by atoms with Crippen LogP contribution in [0.2, 0.25) is 0 Å². The first kappa shape index (κ1) is 24.5. The van der Waals surface area contributed by atoms with Crippen LogP contribution in [0, 0.1) is 0 Å². The van der Waals surface area contributed by atoms with E-state index in [0.29, 0.717) is 12.6 Å². The second-order valence-electron chi connectivity index (χ2n) is 7.53. The molecule has 9 heteroatoms. The van der Waals surface area contributed by atoms with Crippen molar-refractivity contribution < 1.29 is 4.74 Å². The largest absolute Gasteiger partial charge is 0.497 e. The van der Waals surface area contributed by atoms with Crippen molar-refractivity contribution in [3.05, 3.63) is 64.6 Å². The van der Waals surface area contributed by atoms with E-state index >= 15 is 0 Å². The lowest BCUT2D eigenvalue weighted by molar-refractivity contribution is 0.249. The molecule has 4 rings (SSSR count). The Kier molecular flexibility index (Phi) is 9.36. The lowest BCUT2D eigenvalue weighted by Crippen LogP contribution is -2.42. The van der Waals surface area contributed by atoms with Gasteiger partial charge in [0.2, 0.25) is 0 Å². The van der Waals surface area contributed by atoms with E-state index in [1.165, 1.54) is 30.8 Å². The van der Waals surface area contributed by atoms with Crippen LogP contribution < -0.4 is 15.4 Å². The third-order valence-corrected chi connectivity index (χ3v) is 6.53. The number of thiophene rings is 1. The van der Waals surface area contributed by atoms with Gasteiger partial charge >= 0.3 is 0 Å². The third-order valence-electron chi connectivity index (χ3n) is 5.56. The van der Waals surface area contributed by atoms with Gasteiger partial charge in [0.15, 0.2) is 5.96 Å². The molecule has 1 aliphatic heterocycles.